The van der Waals surface area contributed by atoms with Crippen LogP contribution in [0, 0.1) is 0 Å². The summed E-state index contributed by atoms with van der Waals surface area (Å²) in [5.74, 6) is 2.04. The first kappa shape index (κ1) is 23.8. The van der Waals surface area contributed by atoms with Gasteiger partial charge in [-0.3, -0.25) is 0 Å². The van der Waals surface area contributed by atoms with Crippen molar-refractivity contribution in [2.24, 2.45) is 0 Å². The molecule has 0 radical (unpaired) electrons. The van der Waals surface area contributed by atoms with Gasteiger partial charge in [-0.15, -0.1) is 0 Å². The number of ether oxygens (including phenoxy) is 1. The predicted molar refractivity (Wildman–Crippen MR) is 181 cm³/mol. The first-order valence-electron chi connectivity index (χ1n) is 14.9. The van der Waals surface area contributed by atoms with Gasteiger partial charge in [-0.2, -0.15) is 0 Å². The number of rotatable bonds is 2. The second kappa shape index (κ2) is 8.42. The van der Waals surface area contributed by atoms with Crippen LogP contribution in [-0.2, 0) is 0 Å². The van der Waals surface area contributed by atoms with Crippen LogP contribution in [0.5, 0.6) is 11.5 Å². The molecular formula is C39H26N2OSn. The maximum absolute atomic E-state index is 6.82. The average Bonchev–Trinajstić information content (AvgIpc) is 3.05. The molecule has 0 N–H and O–H groups in total. The van der Waals surface area contributed by atoms with E-state index in [4.69, 9.17) is 4.74 Å². The number of hydrogen-bond donors (Lipinski definition) is 0. The Bertz CT molecular complexity index is 2170. The molecule has 0 fully saturated rings. The fourth-order valence-electron chi connectivity index (χ4n) is 7.94. The van der Waals surface area contributed by atoms with Gasteiger partial charge in [-0.25, -0.2) is 0 Å². The Morgan fingerprint density at radius 2 is 0.837 bits per heavy atom. The summed E-state index contributed by atoms with van der Waals surface area (Å²) >= 11 is -3.54. The van der Waals surface area contributed by atoms with E-state index in [1.807, 2.05) is 0 Å². The van der Waals surface area contributed by atoms with E-state index in [9.17, 15) is 0 Å². The van der Waals surface area contributed by atoms with Gasteiger partial charge in [0, 0.05) is 0 Å². The van der Waals surface area contributed by atoms with Crippen LogP contribution in [0.2, 0.25) is 4.94 Å². The molecule has 10 rings (SSSR count). The van der Waals surface area contributed by atoms with Crippen molar-refractivity contribution in [2.45, 2.75) is 4.94 Å². The Morgan fingerprint density at radius 3 is 1.33 bits per heavy atom. The fourth-order valence-corrected chi connectivity index (χ4v) is 21.7. The molecule has 0 aromatic heterocycles. The Morgan fingerprint density at radius 1 is 0.419 bits per heavy atom. The van der Waals surface area contributed by atoms with Crippen LogP contribution in [0.4, 0.5) is 34.1 Å². The number of hydrogen-bond acceptors (Lipinski definition) is 3. The van der Waals surface area contributed by atoms with E-state index in [1.165, 1.54) is 66.4 Å². The van der Waals surface area contributed by atoms with E-state index in [1.54, 1.807) is 0 Å². The first-order valence-corrected chi connectivity index (χ1v) is 22.0. The summed E-state index contributed by atoms with van der Waals surface area (Å²) in [7, 11) is 0. The van der Waals surface area contributed by atoms with Crippen molar-refractivity contribution < 1.29 is 4.74 Å². The Labute approximate surface area is 254 Å². The molecule has 3 nitrogen and oxygen atoms in total. The molecule has 4 heteroatoms. The van der Waals surface area contributed by atoms with Crippen molar-refractivity contribution in [3.63, 3.8) is 0 Å². The van der Waals surface area contributed by atoms with Gasteiger partial charge in [-0.1, -0.05) is 0 Å². The molecule has 3 aliphatic heterocycles. The van der Waals surface area contributed by atoms with Crippen molar-refractivity contribution in [1.82, 2.24) is 0 Å². The molecule has 0 atom stereocenters. The van der Waals surface area contributed by atoms with Crippen LogP contribution in [0.15, 0.2) is 140 Å². The molecule has 0 amide bonds. The zero-order valence-corrected chi connectivity index (χ0v) is 26.4. The van der Waals surface area contributed by atoms with Gasteiger partial charge in [0.1, 0.15) is 0 Å². The van der Waals surface area contributed by atoms with Crippen LogP contribution in [0.1, 0.15) is 0 Å². The van der Waals surface area contributed by atoms with Crippen molar-refractivity contribution in [3.8, 4) is 11.5 Å². The molecule has 0 saturated carbocycles. The summed E-state index contributed by atoms with van der Waals surface area (Å²) in [5.41, 5.74) is 7.46. The number of nitrogens with zero attached hydrogens (tertiary/aromatic N) is 2. The normalized spacial score (nSPS) is 14.9. The van der Waals surface area contributed by atoms with Gasteiger partial charge in [0.05, 0.1) is 0 Å². The minimum atomic E-state index is -3.54. The van der Waals surface area contributed by atoms with Crippen LogP contribution in [-0.4, -0.2) is 18.4 Å². The summed E-state index contributed by atoms with van der Waals surface area (Å²) < 4.78 is 11.2. The molecule has 7 aromatic carbocycles. The fraction of sp³-hybridized carbons (Fsp3) is 0.0256. The first-order chi connectivity index (χ1) is 21.2. The molecule has 7 aromatic rings. The third kappa shape index (κ3) is 3.05. The van der Waals surface area contributed by atoms with Crippen LogP contribution >= 0.6 is 0 Å². The number of fused-ring (bicyclic) bond motifs is 2. The van der Waals surface area contributed by atoms with Gasteiger partial charge < -0.3 is 0 Å². The van der Waals surface area contributed by atoms with Crippen molar-refractivity contribution in [3.05, 3.63) is 140 Å². The van der Waals surface area contributed by atoms with Gasteiger partial charge >= 0.3 is 255 Å². The summed E-state index contributed by atoms with van der Waals surface area (Å²) in [5, 5.41) is 4.99. The maximum atomic E-state index is 6.82. The molecule has 3 heterocycles. The average molecular weight is 657 g/mol. The zero-order valence-electron chi connectivity index (χ0n) is 23.6. The van der Waals surface area contributed by atoms with E-state index < -0.39 is 18.4 Å². The Hall–Kier alpha value is -4.74. The minimum absolute atomic E-state index is 1.02. The second-order valence-electron chi connectivity index (χ2n) is 11.9. The van der Waals surface area contributed by atoms with Crippen molar-refractivity contribution in [1.29, 1.82) is 0 Å². The summed E-state index contributed by atoms with van der Waals surface area (Å²) in [6.07, 6.45) is 0. The van der Waals surface area contributed by atoms with Gasteiger partial charge in [0.2, 0.25) is 0 Å². The SMILES string of the molecule is [CH3][Sn]12[c]3c4cccc3N(c3ccc5ccccc5c3)c3cccc([c]31)N(c1ccc3ccccc3c1)c1cccc([c]12)O4. The van der Waals surface area contributed by atoms with E-state index in [0.29, 0.717) is 0 Å². The van der Waals surface area contributed by atoms with E-state index in [2.05, 4.69) is 154 Å². The Kier molecular flexibility index (Phi) is 4.66. The summed E-state index contributed by atoms with van der Waals surface area (Å²) in [4.78, 5) is 7.59. The van der Waals surface area contributed by atoms with Gasteiger partial charge in [0.25, 0.3) is 0 Å². The molecular weight excluding hydrogens is 631 g/mol. The monoisotopic (exact) mass is 658 g/mol. The van der Waals surface area contributed by atoms with Crippen molar-refractivity contribution in [2.75, 3.05) is 9.80 Å². The molecule has 0 bridgehead atoms. The molecule has 0 saturated heterocycles. The van der Waals surface area contributed by atoms with E-state index in [-0.39, 0.29) is 0 Å². The molecule has 0 aliphatic carbocycles. The number of anilines is 6. The molecule has 43 heavy (non-hydrogen) atoms. The second-order valence-corrected chi connectivity index (χ2v) is 22.6. The molecule has 0 spiro atoms. The molecule has 3 aliphatic rings. The molecule has 0 unspecified atom stereocenters. The zero-order chi connectivity index (χ0) is 28.3. The Balaban J connectivity index is 1.31. The topological polar surface area (TPSA) is 15.7 Å². The van der Waals surface area contributed by atoms with Crippen LogP contribution in [0.25, 0.3) is 21.5 Å². The number of benzene rings is 7. The molecule has 202 valence electrons. The summed E-state index contributed by atoms with van der Waals surface area (Å²) in [6.45, 7) is 0. The standard InChI is InChI=1S/C38H23N2O.CH3.Sn/c1-3-10-29-22-35(20-18-27(29)8-1)39-31-12-5-13-32(24-31)40(36-21-19-28-9-2-4-11-30(28)23-36)34-15-7-17-38(26-34)41-37-16-6-14-33(39)25-37;;/h1-23H;1H3;. The van der Waals surface area contributed by atoms with Crippen molar-refractivity contribution >= 4 is 84.8 Å². The summed E-state index contributed by atoms with van der Waals surface area (Å²) in [6, 6.07) is 51.2. The third-order valence-corrected chi connectivity index (χ3v) is 22.6. The van der Waals surface area contributed by atoms with E-state index >= 15 is 0 Å². The van der Waals surface area contributed by atoms with Gasteiger partial charge in [-0.05, 0) is 0 Å². The quantitative estimate of drug-likeness (QED) is 0.173. The predicted octanol–water partition coefficient (Wildman–Crippen LogP) is 8.77. The van der Waals surface area contributed by atoms with E-state index in [0.717, 1.165) is 11.5 Å². The third-order valence-electron chi connectivity index (χ3n) is 9.69. The van der Waals surface area contributed by atoms with Crippen LogP contribution < -0.4 is 25.3 Å². The van der Waals surface area contributed by atoms with Gasteiger partial charge in [0.15, 0.2) is 0 Å². The van der Waals surface area contributed by atoms with Crippen LogP contribution in [0.3, 0.4) is 0 Å².